The molecule has 0 saturated carbocycles. The highest BCUT2D eigenvalue weighted by Crippen LogP contribution is 2.24. The largest absolute Gasteiger partial charge is 0.494 e. The Balaban J connectivity index is 1.39. The van der Waals surface area contributed by atoms with Crippen molar-refractivity contribution in [1.29, 1.82) is 0 Å². The lowest BCUT2D eigenvalue weighted by Gasteiger charge is -2.24. The molecule has 3 aromatic rings. The van der Waals surface area contributed by atoms with Crippen LogP contribution in [-0.4, -0.2) is 77.9 Å². The highest BCUT2D eigenvalue weighted by Gasteiger charge is 2.31. The molecule has 0 aliphatic carbocycles. The van der Waals surface area contributed by atoms with E-state index >= 15 is 0 Å². The molecule has 3 N–H and O–H groups in total. The van der Waals surface area contributed by atoms with Gasteiger partial charge in [-0.15, -0.1) is 0 Å². The first-order chi connectivity index (χ1) is 27.9. The molecule has 3 aromatic carbocycles. The number of nitrogens with zero attached hydrogens (tertiary/aromatic N) is 1. The SMILES string of the molecule is Cc1ccc(OCCC2CCN(C(=O)OC(C)(C)C)C2)cc1CNC(=O)[C@H](CCc1ccccc1)NC(=O)[C@H](CCC(=O)OC(C)(C)C)NC(=O)OCc1ccccc1. The molecule has 13 nitrogen and oxygen atoms in total. The van der Waals surface area contributed by atoms with E-state index in [9.17, 15) is 24.0 Å². The van der Waals surface area contributed by atoms with Gasteiger partial charge >= 0.3 is 18.2 Å². The summed E-state index contributed by atoms with van der Waals surface area (Å²) in [4.78, 5) is 67.6. The molecule has 4 amide bonds. The Morgan fingerprint density at radius 2 is 1.42 bits per heavy atom. The highest BCUT2D eigenvalue weighted by atomic mass is 16.6. The second kappa shape index (κ2) is 22.0. The maximum atomic E-state index is 13.9. The average Bonchev–Trinajstić information content (AvgIpc) is 3.66. The van der Waals surface area contributed by atoms with Gasteiger partial charge in [0.15, 0.2) is 0 Å². The molecular formula is C46H62N4O9. The number of carbonyl (C=O) groups is 5. The van der Waals surface area contributed by atoms with E-state index in [-0.39, 0.29) is 38.5 Å². The van der Waals surface area contributed by atoms with E-state index in [1.165, 1.54) is 0 Å². The number of likely N-dealkylation sites (tertiary alicyclic amines) is 1. The highest BCUT2D eigenvalue weighted by molar-refractivity contribution is 5.91. The van der Waals surface area contributed by atoms with Crippen LogP contribution in [0.3, 0.4) is 0 Å². The van der Waals surface area contributed by atoms with E-state index in [1.54, 1.807) is 37.8 Å². The number of nitrogens with one attached hydrogen (secondary N) is 3. The van der Waals surface area contributed by atoms with Crippen molar-refractivity contribution in [2.75, 3.05) is 19.7 Å². The van der Waals surface area contributed by atoms with Crippen LogP contribution in [-0.2, 0) is 48.2 Å². The second-order valence-corrected chi connectivity index (χ2v) is 17.0. The zero-order valence-corrected chi connectivity index (χ0v) is 35.6. The molecule has 320 valence electrons. The second-order valence-electron chi connectivity index (χ2n) is 17.0. The number of alkyl carbamates (subject to hydrolysis) is 1. The first-order valence-corrected chi connectivity index (χ1v) is 20.5. The van der Waals surface area contributed by atoms with Gasteiger partial charge in [0.05, 0.1) is 6.61 Å². The van der Waals surface area contributed by atoms with Gasteiger partial charge in [-0.25, -0.2) is 9.59 Å². The fourth-order valence-electron chi connectivity index (χ4n) is 6.47. The average molecular weight is 815 g/mol. The number of rotatable bonds is 18. The van der Waals surface area contributed by atoms with Crippen molar-refractivity contribution in [3.8, 4) is 5.75 Å². The van der Waals surface area contributed by atoms with Crippen molar-refractivity contribution in [2.24, 2.45) is 5.92 Å². The predicted octanol–water partition coefficient (Wildman–Crippen LogP) is 7.17. The Kier molecular flexibility index (Phi) is 17.2. The molecule has 0 bridgehead atoms. The van der Waals surface area contributed by atoms with E-state index in [0.29, 0.717) is 37.8 Å². The fourth-order valence-corrected chi connectivity index (χ4v) is 6.47. The van der Waals surface area contributed by atoms with Gasteiger partial charge in [-0.3, -0.25) is 14.4 Å². The third-order valence-corrected chi connectivity index (χ3v) is 9.58. The Labute approximate surface area is 348 Å². The number of hydrogen-bond donors (Lipinski definition) is 3. The summed E-state index contributed by atoms with van der Waals surface area (Å²) in [5.41, 5.74) is 2.28. The summed E-state index contributed by atoms with van der Waals surface area (Å²) in [5.74, 6) is -0.608. The number of amides is 4. The monoisotopic (exact) mass is 814 g/mol. The van der Waals surface area contributed by atoms with Crippen molar-refractivity contribution in [3.63, 3.8) is 0 Å². The number of esters is 1. The Morgan fingerprint density at radius 1 is 0.780 bits per heavy atom. The number of benzene rings is 3. The normalized spacial score (nSPS) is 15.0. The summed E-state index contributed by atoms with van der Waals surface area (Å²) in [5, 5.41) is 8.43. The molecular weight excluding hydrogens is 753 g/mol. The molecule has 1 aliphatic heterocycles. The zero-order valence-electron chi connectivity index (χ0n) is 35.6. The van der Waals surface area contributed by atoms with Crippen LogP contribution in [0.4, 0.5) is 9.59 Å². The van der Waals surface area contributed by atoms with E-state index in [4.69, 9.17) is 18.9 Å². The van der Waals surface area contributed by atoms with Crippen LogP contribution in [0.15, 0.2) is 78.9 Å². The van der Waals surface area contributed by atoms with Crippen molar-refractivity contribution in [3.05, 3.63) is 101 Å². The summed E-state index contributed by atoms with van der Waals surface area (Å²) in [7, 11) is 0. The summed E-state index contributed by atoms with van der Waals surface area (Å²) in [6, 6.07) is 22.3. The van der Waals surface area contributed by atoms with Gasteiger partial charge in [0, 0.05) is 26.1 Å². The van der Waals surface area contributed by atoms with Crippen LogP contribution in [0, 0.1) is 12.8 Å². The molecule has 13 heteroatoms. The van der Waals surface area contributed by atoms with Crippen LogP contribution >= 0.6 is 0 Å². The van der Waals surface area contributed by atoms with Crippen molar-refractivity contribution < 1.29 is 42.9 Å². The molecule has 1 fully saturated rings. The molecule has 1 unspecified atom stereocenters. The van der Waals surface area contributed by atoms with Crippen LogP contribution in [0.1, 0.15) is 95.9 Å². The van der Waals surface area contributed by atoms with Crippen LogP contribution in [0.25, 0.3) is 0 Å². The molecule has 3 atom stereocenters. The summed E-state index contributed by atoms with van der Waals surface area (Å²) in [6.45, 7) is 14.7. The number of hydrogen-bond acceptors (Lipinski definition) is 9. The third kappa shape index (κ3) is 17.0. The summed E-state index contributed by atoms with van der Waals surface area (Å²) < 4.78 is 22.5. The Bertz CT molecular complexity index is 1840. The number of ether oxygens (including phenoxy) is 4. The summed E-state index contributed by atoms with van der Waals surface area (Å²) in [6.07, 6.45) is 1.06. The minimum Gasteiger partial charge on any atom is -0.494 e. The molecule has 4 rings (SSSR count). The van der Waals surface area contributed by atoms with Crippen LogP contribution < -0.4 is 20.7 Å². The fraction of sp³-hybridized carbons (Fsp3) is 0.500. The lowest BCUT2D eigenvalue weighted by Crippen LogP contribution is -2.54. The van der Waals surface area contributed by atoms with Crippen molar-refractivity contribution in [2.45, 2.75) is 123 Å². The predicted molar refractivity (Wildman–Crippen MR) is 224 cm³/mol. The molecule has 0 radical (unpaired) electrons. The van der Waals surface area contributed by atoms with Gasteiger partial charge in [0.25, 0.3) is 0 Å². The smallest absolute Gasteiger partial charge is 0.410 e. The molecule has 59 heavy (non-hydrogen) atoms. The van der Waals surface area contributed by atoms with Gasteiger partial charge < -0.3 is 39.8 Å². The quantitative estimate of drug-likeness (QED) is 0.0893. The Morgan fingerprint density at radius 3 is 2.08 bits per heavy atom. The number of carbonyl (C=O) groups excluding carboxylic acids is 5. The van der Waals surface area contributed by atoms with Crippen LogP contribution in [0.5, 0.6) is 5.75 Å². The van der Waals surface area contributed by atoms with Crippen LogP contribution in [0.2, 0.25) is 0 Å². The minimum absolute atomic E-state index is 0.0179. The van der Waals surface area contributed by atoms with Gasteiger partial charge in [-0.1, -0.05) is 66.7 Å². The van der Waals surface area contributed by atoms with Gasteiger partial charge in [0.1, 0.15) is 35.6 Å². The lowest BCUT2D eigenvalue weighted by atomic mass is 10.0. The molecule has 1 saturated heterocycles. The maximum Gasteiger partial charge on any atom is 0.410 e. The summed E-state index contributed by atoms with van der Waals surface area (Å²) >= 11 is 0. The lowest BCUT2D eigenvalue weighted by molar-refractivity contribution is -0.155. The van der Waals surface area contributed by atoms with Gasteiger partial charge in [-0.05, 0) is 121 Å². The van der Waals surface area contributed by atoms with E-state index in [0.717, 1.165) is 35.1 Å². The van der Waals surface area contributed by atoms with E-state index < -0.39 is 47.2 Å². The zero-order chi connectivity index (χ0) is 43.0. The van der Waals surface area contributed by atoms with E-state index in [1.807, 2.05) is 94.4 Å². The molecule has 0 aromatic heterocycles. The Hall–Kier alpha value is -5.59. The standard InChI is InChI=1S/C46H62N4O9/c1-32-18-20-37(56-27-25-34-24-26-50(30-34)44(55)59-46(5,6)7)28-36(32)29-47-41(52)38(21-19-33-14-10-8-11-15-33)48-42(53)39(22-23-40(51)58-45(2,3)4)49-43(54)57-31-35-16-12-9-13-17-35/h8-18,20,28,34,38-39H,19,21-27,29-31H2,1-7H3,(H,47,52)(H,48,53)(H,49,54)/t34?,38-,39-/m0/s1. The topological polar surface area (TPSA) is 162 Å². The minimum atomic E-state index is -1.20. The molecule has 0 spiro atoms. The molecule has 1 aliphatic rings. The first kappa shape index (κ1) is 46.1. The maximum absolute atomic E-state index is 13.9. The first-order valence-electron chi connectivity index (χ1n) is 20.5. The van der Waals surface area contributed by atoms with E-state index in [2.05, 4.69) is 16.0 Å². The molecule has 1 heterocycles. The third-order valence-electron chi connectivity index (χ3n) is 9.58. The van der Waals surface area contributed by atoms with Crippen molar-refractivity contribution in [1.82, 2.24) is 20.9 Å². The van der Waals surface area contributed by atoms with Gasteiger partial charge in [0.2, 0.25) is 11.8 Å². The van der Waals surface area contributed by atoms with Crippen molar-refractivity contribution >= 4 is 30.0 Å². The number of aryl methyl sites for hydroxylation is 2. The van der Waals surface area contributed by atoms with Gasteiger partial charge in [-0.2, -0.15) is 0 Å².